The Kier molecular flexibility index (Phi) is 8.51. The lowest BCUT2D eigenvalue weighted by Gasteiger charge is -2.19. The van der Waals surface area contributed by atoms with Gasteiger partial charge in [0.25, 0.3) is 5.91 Å². The van der Waals surface area contributed by atoms with E-state index < -0.39 is 0 Å². The van der Waals surface area contributed by atoms with Gasteiger partial charge in [0.1, 0.15) is 17.4 Å². The van der Waals surface area contributed by atoms with E-state index in [4.69, 9.17) is 4.74 Å². The zero-order valence-corrected chi connectivity index (χ0v) is 22.1. The number of carbonyl (C=O) groups excluding carboxylic acids is 1. The second kappa shape index (κ2) is 12.0. The minimum absolute atomic E-state index is 0.139. The average Bonchev–Trinajstić information content (AvgIpc) is 3.36. The van der Waals surface area contributed by atoms with Crippen LogP contribution in [0.15, 0.2) is 88.3 Å². The molecule has 4 rings (SSSR count). The van der Waals surface area contributed by atoms with Crippen molar-refractivity contribution in [3.05, 3.63) is 95.6 Å². The van der Waals surface area contributed by atoms with Gasteiger partial charge < -0.3 is 4.74 Å². The Hall–Kier alpha value is -3.49. The maximum absolute atomic E-state index is 12.1. The van der Waals surface area contributed by atoms with Crippen molar-refractivity contribution in [3.8, 4) is 16.3 Å². The van der Waals surface area contributed by atoms with Crippen LogP contribution in [0.5, 0.6) is 5.75 Å². The van der Waals surface area contributed by atoms with Crippen LogP contribution in [0.1, 0.15) is 37.5 Å². The fourth-order valence-electron chi connectivity index (χ4n) is 3.22. The van der Waals surface area contributed by atoms with Crippen LogP contribution < -0.4 is 10.2 Å². The summed E-state index contributed by atoms with van der Waals surface area (Å²) in [5.74, 6) is 0.786. The van der Waals surface area contributed by atoms with Gasteiger partial charge in [-0.25, -0.2) is 5.43 Å². The number of nitrogens with zero attached hydrogens (tertiary/aromatic N) is 3. The van der Waals surface area contributed by atoms with Crippen LogP contribution in [-0.2, 0) is 16.8 Å². The zero-order chi connectivity index (χ0) is 25.4. The molecule has 3 aromatic carbocycles. The molecule has 1 amide bonds. The van der Waals surface area contributed by atoms with Crippen LogP contribution in [0.2, 0.25) is 0 Å². The summed E-state index contributed by atoms with van der Waals surface area (Å²) >= 11 is 2.80. The van der Waals surface area contributed by atoms with Gasteiger partial charge in [-0.1, -0.05) is 98.5 Å². The molecule has 36 heavy (non-hydrogen) atoms. The highest BCUT2D eigenvalue weighted by atomic mass is 32.2. The van der Waals surface area contributed by atoms with Crippen LogP contribution >= 0.6 is 23.1 Å². The molecule has 1 aromatic heterocycles. The molecule has 6 nitrogen and oxygen atoms in total. The van der Waals surface area contributed by atoms with E-state index in [1.807, 2.05) is 54.6 Å². The lowest BCUT2D eigenvalue weighted by atomic mass is 9.87. The summed E-state index contributed by atoms with van der Waals surface area (Å²) in [5, 5.41) is 13.2. The molecule has 1 heterocycles. The van der Waals surface area contributed by atoms with Crippen molar-refractivity contribution in [1.82, 2.24) is 15.6 Å². The maximum Gasteiger partial charge on any atom is 0.250 e. The minimum atomic E-state index is -0.204. The molecule has 0 fully saturated rings. The van der Waals surface area contributed by atoms with Crippen molar-refractivity contribution in [2.24, 2.45) is 5.10 Å². The topological polar surface area (TPSA) is 76.5 Å². The van der Waals surface area contributed by atoms with E-state index in [1.165, 1.54) is 28.7 Å². The van der Waals surface area contributed by atoms with Crippen LogP contribution in [0.4, 0.5) is 0 Å². The summed E-state index contributed by atoms with van der Waals surface area (Å²) in [6, 6.07) is 26.0. The molecule has 0 radical (unpaired) electrons. The average molecular weight is 517 g/mol. The molecule has 0 aliphatic rings. The largest absolute Gasteiger partial charge is 0.489 e. The molecule has 0 aliphatic carbocycles. The Bertz CT molecular complexity index is 1300. The highest BCUT2D eigenvalue weighted by molar-refractivity contribution is 8.01. The summed E-state index contributed by atoms with van der Waals surface area (Å²) in [6.07, 6.45) is 1.61. The van der Waals surface area contributed by atoms with Gasteiger partial charge in [0, 0.05) is 5.56 Å². The number of hydrogen-bond acceptors (Lipinski definition) is 7. The number of nitrogens with one attached hydrogen (secondary N) is 1. The third-order valence-electron chi connectivity index (χ3n) is 5.26. The molecule has 0 saturated heterocycles. The van der Waals surface area contributed by atoms with Crippen LogP contribution in [0, 0.1) is 0 Å². The molecule has 0 unspecified atom stereocenters. The Morgan fingerprint density at radius 3 is 2.42 bits per heavy atom. The van der Waals surface area contributed by atoms with Crippen molar-refractivity contribution in [3.63, 3.8) is 0 Å². The second-order valence-corrected chi connectivity index (χ2v) is 11.3. The molecule has 0 spiro atoms. The van der Waals surface area contributed by atoms with Crippen LogP contribution in [0.3, 0.4) is 0 Å². The fraction of sp³-hybridized carbons (Fsp3) is 0.214. The van der Waals surface area contributed by atoms with E-state index in [2.05, 4.69) is 65.8 Å². The number of rotatable bonds is 9. The third-order valence-corrected chi connectivity index (χ3v) is 7.37. The van der Waals surface area contributed by atoms with Crippen molar-refractivity contribution >= 4 is 35.2 Å². The monoisotopic (exact) mass is 516 g/mol. The Morgan fingerprint density at radius 2 is 1.72 bits per heavy atom. The number of thioether (sulfide) groups is 1. The lowest BCUT2D eigenvalue weighted by molar-refractivity contribution is -0.118. The summed E-state index contributed by atoms with van der Waals surface area (Å²) < 4.78 is 6.64. The van der Waals surface area contributed by atoms with E-state index in [0.29, 0.717) is 6.61 Å². The standard InChI is InChI=1S/C28H28N4O2S2/c1-28(2,3)23-13-9-21(10-14-23)18-34-24-15-11-20(12-16-24)17-29-30-25(33)19-35-27-32-31-26(36-27)22-7-5-4-6-8-22/h4-17H,18-19H2,1-3H3,(H,30,33). The summed E-state index contributed by atoms with van der Waals surface area (Å²) in [6.45, 7) is 7.12. The van der Waals surface area contributed by atoms with Gasteiger partial charge in [0.15, 0.2) is 4.34 Å². The molecule has 1 N–H and O–H groups in total. The van der Waals surface area contributed by atoms with Gasteiger partial charge in [0.05, 0.1) is 12.0 Å². The van der Waals surface area contributed by atoms with Crippen molar-refractivity contribution in [2.45, 2.75) is 37.1 Å². The number of aromatic nitrogens is 2. The normalized spacial score (nSPS) is 11.5. The lowest BCUT2D eigenvalue weighted by Crippen LogP contribution is -2.19. The fourth-order valence-corrected chi connectivity index (χ4v) is 4.87. The van der Waals surface area contributed by atoms with E-state index in [0.717, 1.165) is 31.8 Å². The second-order valence-electron chi connectivity index (χ2n) is 9.13. The number of amides is 1. The van der Waals surface area contributed by atoms with E-state index in [1.54, 1.807) is 6.21 Å². The summed E-state index contributed by atoms with van der Waals surface area (Å²) in [4.78, 5) is 12.1. The quantitative estimate of drug-likeness (QED) is 0.160. The van der Waals surface area contributed by atoms with Gasteiger partial charge in [0.2, 0.25) is 0 Å². The number of benzene rings is 3. The molecule has 8 heteroatoms. The van der Waals surface area contributed by atoms with Gasteiger partial charge >= 0.3 is 0 Å². The third kappa shape index (κ3) is 7.50. The number of hydrogen-bond donors (Lipinski definition) is 1. The molecular formula is C28H28N4O2S2. The van der Waals surface area contributed by atoms with Gasteiger partial charge in [-0.05, 0) is 46.4 Å². The predicted molar refractivity (Wildman–Crippen MR) is 148 cm³/mol. The summed E-state index contributed by atoms with van der Waals surface area (Å²) in [7, 11) is 0. The smallest absolute Gasteiger partial charge is 0.250 e. The first-order chi connectivity index (χ1) is 17.4. The molecular weight excluding hydrogens is 488 g/mol. The van der Waals surface area contributed by atoms with E-state index in [9.17, 15) is 4.79 Å². The van der Waals surface area contributed by atoms with Crippen LogP contribution in [0.25, 0.3) is 10.6 Å². The maximum atomic E-state index is 12.1. The van der Waals surface area contributed by atoms with Crippen molar-refractivity contribution in [2.75, 3.05) is 5.75 Å². The molecule has 184 valence electrons. The van der Waals surface area contributed by atoms with Gasteiger partial charge in [-0.15, -0.1) is 10.2 Å². The van der Waals surface area contributed by atoms with Crippen molar-refractivity contribution in [1.29, 1.82) is 0 Å². The molecule has 0 saturated carbocycles. The van der Waals surface area contributed by atoms with E-state index in [-0.39, 0.29) is 17.1 Å². The SMILES string of the molecule is CC(C)(C)c1ccc(COc2ccc(C=NNC(=O)CSc3nnc(-c4ccccc4)s3)cc2)cc1. The predicted octanol–water partition coefficient (Wildman–Crippen LogP) is 6.32. The number of carbonyl (C=O) groups is 1. The zero-order valence-electron chi connectivity index (χ0n) is 20.5. The number of hydrazone groups is 1. The summed E-state index contributed by atoms with van der Waals surface area (Å²) in [5.41, 5.74) is 7.00. The molecule has 4 aromatic rings. The first kappa shape index (κ1) is 25.6. The van der Waals surface area contributed by atoms with Gasteiger partial charge in [-0.3, -0.25) is 4.79 Å². The Labute approximate surface area is 219 Å². The van der Waals surface area contributed by atoms with Crippen molar-refractivity contribution < 1.29 is 9.53 Å². The molecule has 0 aliphatic heterocycles. The highest BCUT2D eigenvalue weighted by Crippen LogP contribution is 2.29. The van der Waals surface area contributed by atoms with Gasteiger partial charge in [-0.2, -0.15) is 5.10 Å². The highest BCUT2D eigenvalue weighted by Gasteiger charge is 2.13. The Balaban J connectivity index is 1.19. The first-order valence-electron chi connectivity index (χ1n) is 11.5. The Morgan fingerprint density at radius 1 is 1.00 bits per heavy atom. The van der Waals surface area contributed by atoms with Crippen LogP contribution in [-0.4, -0.2) is 28.1 Å². The molecule has 0 bridgehead atoms. The number of ether oxygens (including phenoxy) is 1. The first-order valence-corrected chi connectivity index (χ1v) is 13.3. The molecule has 0 atom stereocenters. The van der Waals surface area contributed by atoms with E-state index >= 15 is 0 Å². The minimum Gasteiger partial charge on any atom is -0.489 e.